The summed E-state index contributed by atoms with van der Waals surface area (Å²) in [4.78, 5) is 14.9. The van der Waals surface area contributed by atoms with Crippen LogP contribution < -0.4 is 4.74 Å². The number of halogens is 1. The quantitative estimate of drug-likeness (QED) is 0.919. The zero-order valence-electron chi connectivity index (χ0n) is 10.3. The highest BCUT2D eigenvalue weighted by Crippen LogP contribution is 2.20. The van der Waals surface area contributed by atoms with Crippen molar-refractivity contribution in [3.63, 3.8) is 0 Å². The van der Waals surface area contributed by atoms with Crippen LogP contribution in [-0.2, 0) is 6.61 Å². The Bertz CT molecular complexity index is 613. The fourth-order valence-electron chi connectivity index (χ4n) is 1.59. The molecule has 0 amide bonds. The van der Waals surface area contributed by atoms with E-state index in [1.165, 1.54) is 18.3 Å². The Balaban J connectivity index is 2.22. The number of carbonyl (C=O) groups is 1. The number of ether oxygens (including phenoxy) is 1. The predicted molar refractivity (Wildman–Crippen MR) is 66.7 cm³/mol. The molecular weight excluding hydrogens is 249 g/mol. The molecule has 0 unspecified atom stereocenters. The van der Waals surface area contributed by atoms with Gasteiger partial charge in [-0.05, 0) is 13.0 Å². The summed E-state index contributed by atoms with van der Waals surface area (Å²) in [5, 5.41) is 9.01. The maximum absolute atomic E-state index is 13.4. The minimum absolute atomic E-state index is 0.0313. The molecule has 0 aliphatic carbocycles. The second kappa shape index (κ2) is 5.48. The third-order valence-electron chi connectivity index (χ3n) is 2.57. The van der Waals surface area contributed by atoms with Gasteiger partial charge in [0.1, 0.15) is 23.7 Å². The Kier molecular flexibility index (Phi) is 3.75. The number of benzene rings is 1. The largest absolute Gasteiger partial charge is 0.488 e. The van der Waals surface area contributed by atoms with Crippen molar-refractivity contribution in [3.05, 3.63) is 59.2 Å². The molecule has 1 aromatic heterocycles. The predicted octanol–water partition coefficient (Wildman–Crippen LogP) is 2.81. The van der Waals surface area contributed by atoms with Gasteiger partial charge in [-0.1, -0.05) is 18.2 Å². The van der Waals surface area contributed by atoms with Crippen LogP contribution in [0, 0.1) is 12.7 Å². The Morgan fingerprint density at radius 3 is 2.84 bits per heavy atom. The molecule has 0 atom stereocenters. The first-order valence-electron chi connectivity index (χ1n) is 5.64. The lowest BCUT2D eigenvalue weighted by molar-refractivity contribution is 0.0691. The van der Waals surface area contributed by atoms with E-state index in [4.69, 9.17) is 9.84 Å². The van der Waals surface area contributed by atoms with Crippen molar-refractivity contribution < 1.29 is 19.0 Å². The van der Waals surface area contributed by atoms with Gasteiger partial charge in [0, 0.05) is 23.5 Å². The van der Waals surface area contributed by atoms with Gasteiger partial charge in [0.2, 0.25) is 0 Å². The summed E-state index contributed by atoms with van der Waals surface area (Å²) in [6.07, 6.45) is 1.23. The summed E-state index contributed by atoms with van der Waals surface area (Å²) in [6.45, 7) is 1.69. The summed E-state index contributed by atoms with van der Waals surface area (Å²) < 4.78 is 18.8. The lowest BCUT2D eigenvalue weighted by Gasteiger charge is -2.10. The van der Waals surface area contributed by atoms with E-state index in [2.05, 4.69) is 4.98 Å². The number of nitrogens with zero attached hydrogens (tertiary/aromatic N) is 1. The molecule has 0 bridgehead atoms. The van der Waals surface area contributed by atoms with Crippen molar-refractivity contribution in [3.8, 4) is 5.75 Å². The number of hydrogen-bond donors (Lipinski definition) is 1. The topological polar surface area (TPSA) is 59.4 Å². The van der Waals surface area contributed by atoms with E-state index in [0.717, 1.165) is 0 Å². The molecule has 1 heterocycles. The molecular formula is C14H12FNO3. The Morgan fingerprint density at radius 1 is 1.42 bits per heavy atom. The van der Waals surface area contributed by atoms with E-state index in [1.807, 2.05) is 0 Å². The zero-order chi connectivity index (χ0) is 13.8. The molecule has 2 aromatic rings. The van der Waals surface area contributed by atoms with Crippen LogP contribution in [0.2, 0.25) is 0 Å². The summed E-state index contributed by atoms with van der Waals surface area (Å²) in [5.41, 5.74) is 0.962. The van der Waals surface area contributed by atoms with Crippen molar-refractivity contribution in [1.29, 1.82) is 0 Å². The van der Waals surface area contributed by atoms with Crippen LogP contribution in [-0.4, -0.2) is 16.1 Å². The van der Waals surface area contributed by atoms with Crippen molar-refractivity contribution in [1.82, 2.24) is 4.98 Å². The van der Waals surface area contributed by atoms with Gasteiger partial charge in [0.25, 0.3) is 0 Å². The van der Waals surface area contributed by atoms with Crippen LogP contribution in [0.15, 0.2) is 36.5 Å². The van der Waals surface area contributed by atoms with E-state index >= 15 is 0 Å². The monoisotopic (exact) mass is 261 g/mol. The Morgan fingerprint density at radius 2 is 2.16 bits per heavy atom. The molecule has 0 saturated heterocycles. The lowest BCUT2D eigenvalue weighted by atomic mass is 10.2. The van der Waals surface area contributed by atoms with E-state index in [-0.39, 0.29) is 23.7 Å². The average molecular weight is 261 g/mol. The highest BCUT2D eigenvalue weighted by Gasteiger charge is 2.13. The maximum Gasteiger partial charge on any atom is 0.341 e. The summed E-state index contributed by atoms with van der Waals surface area (Å²) in [5.74, 6) is -1.33. The molecule has 0 spiro atoms. The number of aromatic carboxylic acids is 1. The Labute approximate surface area is 109 Å². The second-order valence-electron chi connectivity index (χ2n) is 4.01. The molecule has 0 radical (unpaired) electrons. The summed E-state index contributed by atoms with van der Waals surface area (Å²) in [6, 6.07) is 7.71. The number of aryl methyl sites for hydroxylation is 1. The molecule has 0 aliphatic heterocycles. The molecule has 0 aliphatic rings. The summed E-state index contributed by atoms with van der Waals surface area (Å²) in [7, 11) is 0. The second-order valence-corrected chi connectivity index (χ2v) is 4.01. The molecule has 1 N–H and O–H groups in total. The number of rotatable bonds is 4. The van der Waals surface area contributed by atoms with Crippen molar-refractivity contribution in [2.75, 3.05) is 0 Å². The minimum Gasteiger partial charge on any atom is -0.488 e. The fraction of sp³-hybridized carbons (Fsp3) is 0.143. The number of carboxylic acid groups (broad SMARTS) is 1. The van der Waals surface area contributed by atoms with Crippen molar-refractivity contribution in [2.24, 2.45) is 0 Å². The van der Waals surface area contributed by atoms with Crippen LogP contribution in [0.5, 0.6) is 5.75 Å². The fourth-order valence-corrected chi connectivity index (χ4v) is 1.59. The standard InChI is InChI=1S/C14H12FNO3/c1-9-6-13(11(7-16-9)14(17)18)19-8-10-4-2-3-5-12(10)15/h2-7H,8H2,1H3,(H,17,18). The van der Waals surface area contributed by atoms with Crippen LogP contribution in [0.4, 0.5) is 4.39 Å². The molecule has 98 valence electrons. The lowest BCUT2D eigenvalue weighted by Crippen LogP contribution is -2.05. The van der Waals surface area contributed by atoms with E-state index in [1.54, 1.807) is 25.1 Å². The number of hydrogen-bond acceptors (Lipinski definition) is 3. The van der Waals surface area contributed by atoms with Gasteiger partial charge in [-0.3, -0.25) is 4.98 Å². The number of carboxylic acids is 1. The smallest absolute Gasteiger partial charge is 0.341 e. The molecule has 5 heteroatoms. The first kappa shape index (κ1) is 13.0. The molecule has 1 aromatic carbocycles. The third-order valence-corrected chi connectivity index (χ3v) is 2.57. The van der Waals surface area contributed by atoms with Gasteiger partial charge in [-0.2, -0.15) is 0 Å². The molecule has 4 nitrogen and oxygen atoms in total. The number of aromatic nitrogens is 1. The zero-order valence-corrected chi connectivity index (χ0v) is 10.3. The van der Waals surface area contributed by atoms with Crippen LogP contribution in [0.3, 0.4) is 0 Å². The minimum atomic E-state index is -1.13. The van der Waals surface area contributed by atoms with Crippen LogP contribution in [0.1, 0.15) is 21.6 Å². The van der Waals surface area contributed by atoms with E-state index < -0.39 is 5.97 Å². The highest BCUT2D eigenvalue weighted by molar-refractivity contribution is 5.90. The molecule has 2 rings (SSSR count). The van der Waals surface area contributed by atoms with Crippen molar-refractivity contribution >= 4 is 5.97 Å². The maximum atomic E-state index is 13.4. The van der Waals surface area contributed by atoms with Gasteiger partial charge >= 0.3 is 5.97 Å². The third kappa shape index (κ3) is 3.07. The van der Waals surface area contributed by atoms with Gasteiger partial charge in [0.15, 0.2) is 0 Å². The summed E-state index contributed by atoms with van der Waals surface area (Å²) >= 11 is 0. The van der Waals surface area contributed by atoms with E-state index in [9.17, 15) is 9.18 Å². The number of pyridine rings is 1. The molecule has 0 saturated carbocycles. The van der Waals surface area contributed by atoms with Gasteiger partial charge < -0.3 is 9.84 Å². The molecule has 19 heavy (non-hydrogen) atoms. The van der Waals surface area contributed by atoms with Gasteiger partial charge in [-0.15, -0.1) is 0 Å². The highest BCUT2D eigenvalue weighted by atomic mass is 19.1. The van der Waals surface area contributed by atoms with Crippen LogP contribution in [0.25, 0.3) is 0 Å². The van der Waals surface area contributed by atoms with E-state index in [0.29, 0.717) is 11.3 Å². The molecule has 0 fully saturated rings. The van der Waals surface area contributed by atoms with Gasteiger partial charge in [-0.25, -0.2) is 9.18 Å². The average Bonchev–Trinajstić information content (AvgIpc) is 2.37. The Hall–Kier alpha value is -2.43. The first-order valence-corrected chi connectivity index (χ1v) is 5.64. The van der Waals surface area contributed by atoms with Crippen molar-refractivity contribution in [2.45, 2.75) is 13.5 Å². The normalized spacial score (nSPS) is 10.2. The van der Waals surface area contributed by atoms with Gasteiger partial charge in [0.05, 0.1) is 0 Å². The first-order chi connectivity index (χ1) is 9.08. The van der Waals surface area contributed by atoms with Crippen LogP contribution >= 0.6 is 0 Å². The SMILES string of the molecule is Cc1cc(OCc2ccccc2F)c(C(=O)O)cn1.